The van der Waals surface area contributed by atoms with E-state index in [9.17, 15) is 9.18 Å². The largest absolute Gasteiger partial charge is 0.370 e. The first-order valence-corrected chi connectivity index (χ1v) is 5.91. The number of halogens is 2. The molecule has 0 heterocycles. The number of carbonyl (C=O) groups is 1. The van der Waals surface area contributed by atoms with Gasteiger partial charge in [0.25, 0.3) is 0 Å². The smallest absolute Gasteiger partial charge is 0.246 e. The van der Waals surface area contributed by atoms with Crippen LogP contribution < -0.4 is 11.1 Å². The highest BCUT2D eigenvalue weighted by atomic mass is 79.9. The monoisotopic (exact) mass is 304 g/mol. The minimum absolute atomic E-state index is 0.0627. The second-order valence-corrected chi connectivity index (χ2v) is 4.27. The van der Waals surface area contributed by atoms with Crippen molar-refractivity contribution in [1.29, 1.82) is 0 Å². The van der Waals surface area contributed by atoms with Gasteiger partial charge in [0.2, 0.25) is 5.91 Å². The summed E-state index contributed by atoms with van der Waals surface area (Å²) >= 11 is 3.24. The molecular formula is C11H14BrFN2O2. The molecule has 3 N–H and O–H groups in total. The van der Waals surface area contributed by atoms with Crippen LogP contribution in [0.25, 0.3) is 0 Å². The van der Waals surface area contributed by atoms with Crippen molar-refractivity contribution >= 4 is 21.8 Å². The third-order valence-corrected chi connectivity index (χ3v) is 2.47. The van der Waals surface area contributed by atoms with Gasteiger partial charge in [-0.1, -0.05) is 15.9 Å². The van der Waals surface area contributed by atoms with Crippen LogP contribution in [0.4, 0.5) is 4.39 Å². The van der Waals surface area contributed by atoms with Crippen molar-refractivity contribution in [3.63, 3.8) is 0 Å². The number of rotatable bonds is 6. The van der Waals surface area contributed by atoms with Crippen molar-refractivity contribution in [2.75, 3.05) is 19.8 Å². The molecule has 4 nitrogen and oxygen atoms in total. The summed E-state index contributed by atoms with van der Waals surface area (Å²) in [5.41, 5.74) is 5.63. The van der Waals surface area contributed by atoms with Gasteiger partial charge >= 0.3 is 0 Å². The van der Waals surface area contributed by atoms with E-state index in [-0.39, 0.29) is 24.9 Å². The molecule has 0 aliphatic carbocycles. The number of ether oxygens (including phenoxy) is 1. The van der Waals surface area contributed by atoms with Crippen LogP contribution in [0.1, 0.15) is 5.56 Å². The summed E-state index contributed by atoms with van der Waals surface area (Å²) in [6.07, 6.45) is 0. The molecule has 0 saturated heterocycles. The maximum Gasteiger partial charge on any atom is 0.246 e. The van der Waals surface area contributed by atoms with Gasteiger partial charge in [0.1, 0.15) is 12.4 Å². The van der Waals surface area contributed by atoms with Crippen LogP contribution in [0.2, 0.25) is 0 Å². The second-order valence-electron chi connectivity index (χ2n) is 3.35. The Balaban J connectivity index is 2.39. The molecule has 0 saturated carbocycles. The predicted molar refractivity (Wildman–Crippen MR) is 65.8 cm³/mol. The molecule has 0 spiro atoms. The fraction of sp³-hybridized carbons (Fsp3) is 0.364. The van der Waals surface area contributed by atoms with Gasteiger partial charge < -0.3 is 15.8 Å². The summed E-state index contributed by atoms with van der Waals surface area (Å²) < 4.78 is 19.0. The van der Waals surface area contributed by atoms with E-state index in [1.807, 2.05) is 0 Å². The Labute approximate surface area is 107 Å². The van der Waals surface area contributed by atoms with Gasteiger partial charge in [-0.25, -0.2) is 4.39 Å². The van der Waals surface area contributed by atoms with Crippen LogP contribution in [0, 0.1) is 5.82 Å². The van der Waals surface area contributed by atoms with Crippen molar-refractivity contribution < 1.29 is 13.9 Å². The summed E-state index contributed by atoms with van der Waals surface area (Å²) in [4.78, 5) is 11.3. The molecule has 1 rings (SSSR count). The summed E-state index contributed by atoms with van der Waals surface area (Å²) in [5.74, 6) is -0.644. The number of nitrogens with two attached hydrogens (primary N) is 1. The van der Waals surface area contributed by atoms with Crippen LogP contribution in [-0.2, 0) is 16.1 Å². The first-order chi connectivity index (χ1) is 8.13. The van der Waals surface area contributed by atoms with E-state index in [1.165, 1.54) is 6.07 Å². The molecule has 0 unspecified atom stereocenters. The Hall–Kier alpha value is -0.980. The predicted octanol–water partition coefficient (Wildman–Crippen LogP) is 1.18. The van der Waals surface area contributed by atoms with Gasteiger partial charge in [-0.3, -0.25) is 4.79 Å². The molecule has 0 radical (unpaired) electrons. The molecule has 0 atom stereocenters. The molecular weight excluding hydrogens is 291 g/mol. The summed E-state index contributed by atoms with van der Waals surface area (Å²) in [6.45, 7) is 0.773. The van der Waals surface area contributed by atoms with E-state index in [0.717, 1.165) is 4.47 Å². The lowest BCUT2D eigenvalue weighted by molar-refractivity contribution is -0.125. The SMILES string of the molecule is NCCOCC(=O)NCc1cc(Br)ccc1F. The van der Waals surface area contributed by atoms with Crippen molar-refractivity contribution in [3.05, 3.63) is 34.1 Å². The highest BCUT2D eigenvalue weighted by Gasteiger charge is 2.05. The first-order valence-electron chi connectivity index (χ1n) is 5.12. The summed E-state index contributed by atoms with van der Waals surface area (Å²) in [5, 5.41) is 2.56. The van der Waals surface area contributed by atoms with Crippen molar-refractivity contribution in [3.8, 4) is 0 Å². The fourth-order valence-electron chi connectivity index (χ4n) is 1.17. The summed E-state index contributed by atoms with van der Waals surface area (Å²) in [6, 6.07) is 4.57. The number of nitrogens with one attached hydrogen (secondary N) is 1. The average Bonchev–Trinajstić information content (AvgIpc) is 2.31. The van der Waals surface area contributed by atoms with Crippen LogP contribution in [0.3, 0.4) is 0 Å². The van der Waals surface area contributed by atoms with E-state index >= 15 is 0 Å². The van der Waals surface area contributed by atoms with Gasteiger partial charge in [-0.2, -0.15) is 0 Å². The maximum atomic E-state index is 13.3. The Bertz CT molecular complexity index is 388. The van der Waals surface area contributed by atoms with E-state index in [2.05, 4.69) is 21.2 Å². The zero-order valence-electron chi connectivity index (χ0n) is 9.21. The number of amides is 1. The number of carbonyl (C=O) groups excluding carboxylic acids is 1. The molecule has 0 aliphatic rings. The average molecular weight is 305 g/mol. The van der Waals surface area contributed by atoms with Crippen LogP contribution >= 0.6 is 15.9 Å². The second kappa shape index (κ2) is 7.37. The van der Waals surface area contributed by atoms with Gasteiger partial charge in [0.15, 0.2) is 0 Å². The van der Waals surface area contributed by atoms with Gasteiger partial charge in [-0.05, 0) is 18.2 Å². The normalized spacial score (nSPS) is 10.3. The molecule has 94 valence electrons. The van der Waals surface area contributed by atoms with E-state index < -0.39 is 0 Å². The molecule has 0 bridgehead atoms. The zero-order chi connectivity index (χ0) is 12.7. The van der Waals surface area contributed by atoms with E-state index in [0.29, 0.717) is 18.7 Å². The van der Waals surface area contributed by atoms with E-state index in [1.54, 1.807) is 12.1 Å². The quantitative estimate of drug-likeness (QED) is 0.776. The molecule has 6 heteroatoms. The van der Waals surface area contributed by atoms with Gasteiger partial charge in [0, 0.05) is 23.1 Å². The van der Waals surface area contributed by atoms with Crippen molar-refractivity contribution in [2.24, 2.45) is 5.73 Å². The van der Waals surface area contributed by atoms with Gasteiger partial charge in [0.05, 0.1) is 6.61 Å². The van der Waals surface area contributed by atoms with Crippen molar-refractivity contribution in [2.45, 2.75) is 6.54 Å². The zero-order valence-corrected chi connectivity index (χ0v) is 10.8. The summed E-state index contributed by atoms with van der Waals surface area (Å²) in [7, 11) is 0. The third-order valence-electron chi connectivity index (χ3n) is 1.98. The van der Waals surface area contributed by atoms with Crippen LogP contribution in [0.5, 0.6) is 0 Å². The molecule has 0 aliphatic heterocycles. The van der Waals surface area contributed by atoms with Crippen LogP contribution in [0.15, 0.2) is 22.7 Å². The molecule has 1 aromatic rings. The molecule has 0 aromatic heterocycles. The number of benzene rings is 1. The molecule has 1 aromatic carbocycles. The standard InChI is InChI=1S/C11H14BrFN2O2/c12-9-1-2-10(13)8(5-9)6-15-11(16)7-17-4-3-14/h1-2,5H,3-4,6-7,14H2,(H,15,16). The minimum Gasteiger partial charge on any atom is -0.370 e. The van der Waals surface area contributed by atoms with Gasteiger partial charge in [-0.15, -0.1) is 0 Å². The van der Waals surface area contributed by atoms with Crippen LogP contribution in [-0.4, -0.2) is 25.7 Å². The maximum absolute atomic E-state index is 13.3. The third kappa shape index (κ3) is 5.25. The Morgan fingerprint density at radius 2 is 2.29 bits per heavy atom. The molecule has 17 heavy (non-hydrogen) atoms. The Morgan fingerprint density at radius 3 is 3.00 bits per heavy atom. The lowest BCUT2D eigenvalue weighted by atomic mass is 10.2. The lowest BCUT2D eigenvalue weighted by Crippen LogP contribution is -2.28. The Kier molecular flexibility index (Phi) is 6.10. The highest BCUT2D eigenvalue weighted by Crippen LogP contribution is 2.15. The van der Waals surface area contributed by atoms with Crippen molar-refractivity contribution in [1.82, 2.24) is 5.32 Å². The minimum atomic E-state index is -0.351. The lowest BCUT2D eigenvalue weighted by Gasteiger charge is -2.07. The first kappa shape index (κ1) is 14.1. The fourth-order valence-corrected chi connectivity index (χ4v) is 1.58. The van der Waals surface area contributed by atoms with E-state index in [4.69, 9.17) is 10.5 Å². The number of hydrogen-bond acceptors (Lipinski definition) is 3. The molecule has 1 amide bonds. The highest BCUT2D eigenvalue weighted by molar-refractivity contribution is 9.10. The molecule has 0 fully saturated rings. The Morgan fingerprint density at radius 1 is 1.53 bits per heavy atom. The number of hydrogen-bond donors (Lipinski definition) is 2. The topological polar surface area (TPSA) is 64.3 Å².